The summed E-state index contributed by atoms with van der Waals surface area (Å²) in [6.07, 6.45) is 5.05. The van der Waals surface area contributed by atoms with Crippen molar-refractivity contribution in [3.63, 3.8) is 0 Å². The van der Waals surface area contributed by atoms with Gasteiger partial charge in [0.2, 0.25) is 5.91 Å². The van der Waals surface area contributed by atoms with Crippen molar-refractivity contribution in [1.29, 1.82) is 0 Å². The largest absolute Gasteiger partial charge is 0.463 e. The SMILES string of the molecule is O=C(OC[C@H]1CCCCO1)[C@@H]1CC(=O)N(Cc2ccccn2)C1. The number of carbonyl (C=O) groups excluding carboxylic acids is 2. The number of hydrogen-bond donors (Lipinski definition) is 0. The molecule has 2 fully saturated rings. The molecule has 0 saturated carbocycles. The Morgan fingerprint density at radius 2 is 2.30 bits per heavy atom. The topological polar surface area (TPSA) is 68.7 Å². The minimum absolute atomic E-state index is 0.00873. The molecule has 0 aromatic carbocycles. The Kier molecular flexibility index (Phi) is 5.23. The van der Waals surface area contributed by atoms with Crippen molar-refractivity contribution in [3.05, 3.63) is 30.1 Å². The van der Waals surface area contributed by atoms with E-state index in [1.165, 1.54) is 0 Å². The molecule has 6 nitrogen and oxygen atoms in total. The number of hydrogen-bond acceptors (Lipinski definition) is 5. The van der Waals surface area contributed by atoms with Crippen LogP contribution in [0.2, 0.25) is 0 Å². The molecule has 0 aliphatic carbocycles. The molecule has 2 aliphatic heterocycles. The Labute approximate surface area is 135 Å². The molecular weight excluding hydrogens is 296 g/mol. The van der Waals surface area contributed by atoms with Crippen molar-refractivity contribution < 1.29 is 19.1 Å². The molecule has 2 aliphatic rings. The van der Waals surface area contributed by atoms with E-state index in [9.17, 15) is 9.59 Å². The molecule has 23 heavy (non-hydrogen) atoms. The summed E-state index contributed by atoms with van der Waals surface area (Å²) >= 11 is 0. The molecule has 0 bridgehead atoms. The summed E-state index contributed by atoms with van der Waals surface area (Å²) in [5.74, 6) is -0.697. The summed E-state index contributed by atoms with van der Waals surface area (Å²) in [7, 11) is 0. The van der Waals surface area contributed by atoms with Gasteiger partial charge in [-0.15, -0.1) is 0 Å². The fraction of sp³-hybridized carbons (Fsp3) is 0.588. The molecule has 0 unspecified atom stereocenters. The van der Waals surface area contributed by atoms with Gasteiger partial charge in [-0.2, -0.15) is 0 Å². The normalized spacial score (nSPS) is 24.7. The second-order valence-electron chi connectivity index (χ2n) is 6.12. The average molecular weight is 318 g/mol. The van der Waals surface area contributed by atoms with Crippen LogP contribution in [0.5, 0.6) is 0 Å². The van der Waals surface area contributed by atoms with Gasteiger partial charge in [0.1, 0.15) is 6.61 Å². The minimum atomic E-state index is -0.380. The number of pyridine rings is 1. The highest BCUT2D eigenvalue weighted by atomic mass is 16.6. The first-order valence-electron chi connectivity index (χ1n) is 8.18. The van der Waals surface area contributed by atoms with E-state index in [1.807, 2.05) is 18.2 Å². The van der Waals surface area contributed by atoms with Crippen LogP contribution in [0.3, 0.4) is 0 Å². The second-order valence-corrected chi connectivity index (χ2v) is 6.12. The average Bonchev–Trinajstić information content (AvgIpc) is 2.95. The molecule has 124 valence electrons. The molecule has 3 rings (SSSR count). The first-order chi connectivity index (χ1) is 11.2. The Hall–Kier alpha value is -1.95. The standard InChI is InChI=1S/C17H22N2O4/c20-16-9-13(10-19(16)11-14-5-1-3-7-18-14)17(21)23-12-15-6-2-4-8-22-15/h1,3,5,7,13,15H,2,4,6,8-12H2/t13-,15-/m1/s1. The lowest BCUT2D eigenvalue weighted by molar-refractivity contribution is -0.153. The number of aromatic nitrogens is 1. The maximum atomic E-state index is 12.2. The Bertz CT molecular complexity index is 543. The number of nitrogens with zero attached hydrogens (tertiary/aromatic N) is 2. The zero-order valence-electron chi connectivity index (χ0n) is 13.1. The third-order valence-electron chi connectivity index (χ3n) is 4.31. The van der Waals surface area contributed by atoms with Crippen LogP contribution in [0.4, 0.5) is 0 Å². The second kappa shape index (κ2) is 7.55. The predicted octanol–water partition coefficient (Wildman–Crippen LogP) is 1.54. The van der Waals surface area contributed by atoms with Gasteiger partial charge < -0.3 is 14.4 Å². The lowest BCUT2D eigenvalue weighted by Crippen LogP contribution is -2.29. The van der Waals surface area contributed by atoms with E-state index in [0.29, 0.717) is 19.7 Å². The highest BCUT2D eigenvalue weighted by Crippen LogP contribution is 2.21. The van der Waals surface area contributed by atoms with Gasteiger partial charge in [0.15, 0.2) is 0 Å². The van der Waals surface area contributed by atoms with Crippen molar-refractivity contribution in [1.82, 2.24) is 9.88 Å². The van der Waals surface area contributed by atoms with Gasteiger partial charge in [0, 0.05) is 25.8 Å². The summed E-state index contributed by atoms with van der Waals surface area (Å²) in [5, 5.41) is 0. The van der Waals surface area contributed by atoms with E-state index in [-0.39, 0.29) is 30.3 Å². The van der Waals surface area contributed by atoms with Gasteiger partial charge in [-0.25, -0.2) is 0 Å². The molecule has 1 aromatic heterocycles. The molecule has 0 radical (unpaired) electrons. The van der Waals surface area contributed by atoms with Gasteiger partial charge in [0.05, 0.1) is 24.3 Å². The van der Waals surface area contributed by atoms with Gasteiger partial charge in [0.25, 0.3) is 0 Å². The van der Waals surface area contributed by atoms with Crippen molar-refractivity contribution in [2.45, 2.75) is 38.3 Å². The Balaban J connectivity index is 1.47. The van der Waals surface area contributed by atoms with E-state index in [2.05, 4.69) is 4.98 Å². The van der Waals surface area contributed by atoms with Gasteiger partial charge in [-0.3, -0.25) is 14.6 Å². The summed E-state index contributed by atoms with van der Waals surface area (Å²) in [6, 6.07) is 5.60. The molecule has 6 heteroatoms. The molecule has 0 N–H and O–H groups in total. The zero-order chi connectivity index (χ0) is 16.1. The first-order valence-corrected chi connectivity index (χ1v) is 8.18. The van der Waals surface area contributed by atoms with Crippen LogP contribution in [0, 0.1) is 5.92 Å². The van der Waals surface area contributed by atoms with Crippen molar-refractivity contribution >= 4 is 11.9 Å². The highest BCUT2D eigenvalue weighted by Gasteiger charge is 2.35. The smallest absolute Gasteiger partial charge is 0.311 e. The van der Waals surface area contributed by atoms with Crippen LogP contribution in [-0.4, -0.2) is 47.6 Å². The molecule has 2 saturated heterocycles. The van der Waals surface area contributed by atoms with Crippen LogP contribution in [0.15, 0.2) is 24.4 Å². The number of amides is 1. The lowest BCUT2D eigenvalue weighted by atomic mass is 10.1. The lowest BCUT2D eigenvalue weighted by Gasteiger charge is -2.22. The van der Waals surface area contributed by atoms with Crippen molar-refractivity contribution in [2.24, 2.45) is 5.92 Å². The van der Waals surface area contributed by atoms with Crippen molar-refractivity contribution in [2.75, 3.05) is 19.8 Å². The predicted molar refractivity (Wildman–Crippen MR) is 82.3 cm³/mol. The Morgan fingerprint density at radius 3 is 3.04 bits per heavy atom. The molecule has 0 spiro atoms. The Morgan fingerprint density at radius 1 is 1.39 bits per heavy atom. The fourth-order valence-corrected chi connectivity index (χ4v) is 3.00. The maximum Gasteiger partial charge on any atom is 0.311 e. The monoisotopic (exact) mass is 318 g/mol. The van der Waals surface area contributed by atoms with E-state index in [4.69, 9.17) is 9.47 Å². The zero-order valence-corrected chi connectivity index (χ0v) is 13.1. The van der Waals surface area contributed by atoms with E-state index in [1.54, 1.807) is 11.1 Å². The first kappa shape index (κ1) is 15.9. The van der Waals surface area contributed by atoms with Crippen LogP contribution in [0.25, 0.3) is 0 Å². The van der Waals surface area contributed by atoms with Gasteiger partial charge >= 0.3 is 5.97 Å². The molecular formula is C17H22N2O4. The van der Waals surface area contributed by atoms with Crippen LogP contribution >= 0.6 is 0 Å². The highest BCUT2D eigenvalue weighted by molar-refractivity contribution is 5.86. The number of carbonyl (C=O) groups is 2. The third kappa shape index (κ3) is 4.28. The van der Waals surface area contributed by atoms with Crippen LogP contribution in [0.1, 0.15) is 31.4 Å². The fourth-order valence-electron chi connectivity index (χ4n) is 3.00. The van der Waals surface area contributed by atoms with Crippen LogP contribution in [-0.2, 0) is 25.6 Å². The number of likely N-dealkylation sites (tertiary alicyclic amines) is 1. The van der Waals surface area contributed by atoms with Gasteiger partial charge in [-0.05, 0) is 31.4 Å². The molecule has 1 amide bonds. The summed E-state index contributed by atoms with van der Waals surface area (Å²) in [6.45, 7) is 1.88. The molecule has 1 aromatic rings. The van der Waals surface area contributed by atoms with Crippen LogP contribution < -0.4 is 0 Å². The van der Waals surface area contributed by atoms with E-state index in [0.717, 1.165) is 31.6 Å². The van der Waals surface area contributed by atoms with Crippen molar-refractivity contribution in [3.8, 4) is 0 Å². The quantitative estimate of drug-likeness (QED) is 0.770. The molecule has 2 atom stereocenters. The summed E-state index contributed by atoms with van der Waals surface area (Å²) in [4.78, 5) is 30.1. The van der Waals surface area contributed by atoms with Gasteiger partial charge in [-0.1, -0.05) is 6.07 Å². The number of ether oxygens (including phenoxy) is 2. The van der Waals surface area contributed by atoms with E-state index < -0.39 is 0 Å². The van der Waals surface area contributed by atoms with E-state index >= 15 is 0 Å². The summed E-state index contributed by atoms with van der Waals surface area (Å²) in [5.41, 5.74) is 0.825. The maximum absolute atomic E-state index is 12.2. The minimum Gasteiger partial charge on any atom is -0.463 e. The number of rotatable bonds is 5. The number of esters is 1. The third-order valence-corrected chi connectivity index (χ3v) is 4.31. The molecule has 3 heterocycles. The summed E-state index contributed by atoms with van der Waals surface area (Å²) < 4.78 is 10.9.